The Morgan fingerprint density at radius 2 is 1.46 bits per heavy atom. The molecule has 2 heterocycles. The van der Waals surface area contributed by atoms with Gasteiger partial charge in [0.05, 0.1) is 43.8 Å². The van der Waals surface area contributed by atoms with Crippen molar-refractivity contribution in [1.29, 1.82) is 0 Å². The van der Waals surface area contributed by atoms with Crippen molar-refractivity contribution in [2.45, 2.75) is 12.1 Å². The lowest BCUT2D eigenvalue weighted by molar-refractivity contribution is -0.126. The number of anilines is 2. The summed E-state index contributed by atoms with van der Waals surface area (Å²) in [5.41, 5.74) is 1.70. The number of carbonyl (C=O) groups is 2. The second-order valence-corrected chi connectivity index (χ2v) is 8.49. The maximum Gasteiger partial charge on any atom is 0.266 e. The summed E-state index contributed by atoms with van der Waals surface area (Å²) in [6, 6.07) is 18.9. The first-order valence-electron chi connectivity index (χ1n) is 10.9. The van der Waals surface area contributed by atoms with Crippen molar-refractivity contribution in [3.8, 4) is 17.2 Å². The van der Waals surface area contributed by atoms with E-state index in [1.54, 1.807) is 41.5 Å². The molecule has 2 fully saturated rings. The number of hydrogen-bond acceptors (Lipinski definition) is 7. The van der Waals surface area contributed by atoms with Crippen LogP contribution >= 0.6 is 11.6 Å². The lowest BCUT2D eigenvalue weighted by Gasteiger charge is -2.29. The van der Waals surface area contributed by atoms with E-state index in [-0.39, 0.29) is 0 Å². The number of rotatable bonds is 6. The van der Waals surface area contributed by atoms with Crippen molar-refractivity contribution in [1.82, 2.24) is 0 Å². The summed E-state index contributed by atoms with van der Waals surface area (Å²) < 4.78 is 16.5. The van der Waals surface area contributed by atoms with Crippen molar-refractivity contribution in [3.63, 3.8) is 0 Å². The minimum absolute atomic E-state index is 0.304. The molecule has 0 unspecified atom stereocenters. The third-order valence-corrected chi connectivity index (χ3v) is 6.57. The fourth-order valence-corrected chi connectivity index (χ4v) is 4.92. The van der Waals surface area contributed by atoms with Gasteiger partial charge in [-0.3, -0.25) is 14.4 Å². The summed E-state index contributed by atoms with van der Waals surface area (Å²) in [5.74, 6) is -0.417. The lowest BCUT2D eigenvalue weighted by atomic mass is 9.90. The molecule has 3 aromatic carbocycles. The van der Waals surface area contributed by atoms with Gasteiger partial charge in [0.2, 0.25) is 11.7 Å². The molecule has 3 aromatic rings. The third kappa shape index (κ3) is 3.66. The number of imide groups is 1. The highest BCUT2D eigenvalue weighted by molar-refractivity contribution is 6.36. The zero-order valence-corrected chi connectivity index (χ0v) is 20.1. The molecule has 0 aliphatic carbocycles. The molecule has 0 aromatic heterocycles. The highest BCUT2D eigenvalue weighted by atomic mass is 35.5. The molecule has 35 heavy (non-hydrogen) atoms. The highest BCUT2D eigenvalue weighted by Gasteiger charge is 2.60. The Kier molecular flexibility index (Phi) is 6.00. The number of methoxy groups -OCH3 is 3. The first-order chi connectivity index (χ1) is 17.0. The van der Waals surface area contributed by atoms with Crippen LogP contribution in [0.3, 0.4) is 0 Å². The predicted octanol–water partition coefficient (Wildman–Crippen LogP) is 4.42. The van der Waals surface area contributed by atoms with Gasteiger partial charge in [-0.05, 0) is 42.0 Å². The third-order valence-electron chi connectivity index (χ3n) is 6.25. The van der Waals surface area contributed by atoms with Gasteiger partial charge in [0.25, 0.3) is 5.91 Å². The van der Waals surface area contributed by atoms with Crippen LogP contribution in [-0.2, 0) is 14.4 Å². The Bertz CT molecular complexity index is 1260. The second kappa shape index (κ2) is 9.13. The predicted molar refractivity (Wildman–Crippen MR) is 130 cm³/mol. The molecule has 3 atom stereocenters. The van der Waals surface area contributed by atoms with Crippen LogP contribution in [0.4, 0.5) is 11.4 Å². The molecule has 0 bridgehead atoms. The van der Waals surface area contributed by atoms with Gasteiger partial charge in [-0.15, -0.1) is 0 Å². The normalized spacial score (nSPS) is 21.3. The van der Waals surface area contributed by atoms with Crippen molar-refractivity contribution < 1.29 is 28.6 Å². The zero-order valence-electron chi connectivity index (χ0n) is 19.3. The molecular weight excluding hydrogens is 472 g/mol. The first-order valence-corrected chi connectivity index (χ1v) is 11.3. The van der Waals surface area contributed by atoms with Crippen LogP contribution in [0, 0.1) is 5.92 Å². The molecule has 2 aliphatic heterocycles. The molecule has 180 valence electrons. The maximum atomic E-state index is 13.8. The SMILES string of the molecule is COc1cc([C@H]2[C@H]3C(=O)N(c4ccccc4Cl)C(=O)[C@@H]3ON2c2ccccc2)cc(OC)c1OC. The summed E-state index contributed by atoms with van der Waals surface area (Å²) in [4.78, 5) is 34.6. The summed E-state index contributed by atoms with van der Waals surface area (Å²) >= 11 is 6.34. The topological polar surface area (TPSA) is 77.5 Å². The zero-order chi connectivity index (χ0) is 24.7. The highest BCUT2D eigenvalue weighted by Crippen LogP contribution is 2.50. The largest absolute Gasteiger partial charge is 0.493 e. The summed E-state index contributed by atoms with van der Waals surface area (Å²) in [5, 5.41) is 1.91. The fraction of sp³-hybridized carbons (Fsp3) is 0.231. The molecule has 0 radical (unpaired) electrons. The Labute approximate surface area is 207 Å². The quantitative estimate of drug-likeness (QED) is 0.469. The minimum Gasteiger partial charge on any atom is -0.493 e. The smallest absolute Gasteiger partial charge is 0.266 e. The molecule has 0 spiro atoms. The maximum absolute atomic E-state index is 13.8. The first kappa shape index (κ1) is 23.0. The number of amides is 2. The van der Waals surface area contributed by atoms with Crippen molar-refractivity contribution in [3.05, 3.63) is 77.3 Å². The van der Waals surface area contributed by atoms with E-state index in [0.717, 1.165) is 4.90 Å². The number of benzene rings is 3. The van der Waals surface area contributed by atoms with Crippen LogP contribution in [0.2, 0.25) is 5.02 Å². The van der Waals surface area contributed by atoms with Crippen molar-refractivity contribution in [2.75, 3.05) is 31.3 Å². The van der Waals surface area contributed by atoms with Gasteiger partial charge in [-0.1, -0.05) is 41.9 Å². The van der Waals surface area contributed by atoms with E-state index in [0.29, 0.717) is 39.2 Å². The van der Waals surface area contributed by atoms with E-state index in [1.807, 2.05) is 30.3 Å². The van der Waals surface area contributed by atoms with Gasteiger partial charge in [0.1, 0.15) is 5.92 Å². The number of hydroxylamine groups is 1. The molecule has 5 rings (SSSR count). The summed E-state index contributed by atoms with van der Waals surface area (Å²) in [6.45, 7) is 0. The van der Waals surface area contributed by atoms with Crippen LogP contribution in [0.1, 0.15) is 11.6 Å². The monoisotopic (exact) mass is 494 g/mol. The Balaban J connectivity index is 1.65. The molecule has 9 heteroatoms. The molecule has 2 saturated heterocycles. The average molecular weight is 495 g/mol. The lowest BCUT2D eigenvalue weighted by Crippen LogP contribution is -2.37. The second-order valence-electron chi connectivity index (χ2n) is 8.08. The average Bonchev–Trinajstić information content (AvgIpc) is 3.40. The van der Waals surface area contributed by atoms with E-state index in [1.165, 1.54) is 21.3 Å². The van der Waals surface area contributed by atoms with E-state index >= 15 is 0 Å². The van der Waals surface area contributed by atoms with Gasteiger partial charge in [-0.25, -0.2) is 9.96 Å². The van der Waals surface area contributed by atoms with E-state index in [2.05, 4.69) is 0 Å². The molecule has 8 nitrogen and oxygen atoms in total. The molecular formula is C26H23ClN2O6. The number of hydrogen-bond donors (Lipinski definition) is 0. The Hall–Kier alpha value is -3.75. The number of para-hydroxylation sites is 2. The minimum atomic E-state index is -1.02. The number of ether oxygens (including phenoxy) is 3. The van der Waals surface area contributed by atoms with E-state index in [4.69, 9.17) is 30.6 Å². The number of halogens is 1. The van der Waals surface area contributed by atoms with Gasteiger partial charge < -0.3 is 14.2 Å². The van der Waals surface area contributed by atoms with Crippen LogP contribution in [0.5, 0.6) is 17.2 Å². The molecule has 0 saturated carbocycles. The van der Waals surface area contributed by atoms with Crippen molar-refractivity contribution >= 4 is 34.8 Å². The van der Waals surface area contributed by atoms with Crippen molar-refractivity contribution in [2.24, 2.45) is 5.92 Å². The molecule has 2 amide bonds. The Morgan fingerprint density at radius 3 is 2.06 bits per heavy atom. The van der Waals surface area contributed by atoms with Gasteiger partial charge in [-0.2, -0.15) is 0 Å². The molecule has 2 aliphatic rings. The van der Waals surface area contributed by atoms with Crippen LogP contribution in [-0.4, -0.2) is 39.2 Å². The summed E-state index contributed by atoms with van der Waals surface area (Å²) in [7, 11) is 4.56. The van der Waals surface area contributed by atoms with Crippen LogP contribution < -0.4 is 24.2 Å². The Morgan fingerprint density at radius 1 is 0.829 bits per heavy atom. The summed E-state index contributed by atoms with van der Waals surface area (Å²) in [6.07, 6.45) is -1.02. The van der Waals surface area contributed by atoms with Crippen LogP contribution in [0.15, 0.2) is 66.7 Å². The molecule has 0 N–H and O–H groups in total. The number of carbonyl (C=O) groups excluding carboxylic acids is 2. The van der Waals surface area contributed by atoms with E-state index in [9.17, 15) is 9.59 Å². The number of nitrogens with zero attached hydrogens (tertiary/aromatic N) is 2. The standard InChI is InChI=1S/C26H23ClN2O6/c1-32-19-13-15(14-20(33-2)23(19)34-3)22-21-24(35-29(22)16-9-5-4-6-10-16)26(31)28(25(21)30)18-12-8-7-11-17(18)27/h4-14,21-22,24H,1-3H3/t21-,22+,24-/m1/s1. The van der Waals surface area contributed by atoms with Gasteiger partial charge >= 0.3 is 0 Å². The van der Waals surface area contributed by atoms with E-state index < -0.39 is 29.9 Å². The van der Waals surface area contributed by atoms with Gasteiger partial charge in [0, 0.05) is 0 Å². The number of fused-ring (bicyclic) bond motifs is 1. The fourth-order valence-electron chi connectivity index (χ4n) is 4.69. The van der Waals surface area contributed by atoms with Gasteiger partial charge in [0.15, 0.2) is 17.6 Å². The van der Waals surface area contributed by atoms with Crippen LogP contribution in [0.25, 0.3) is 0 Å².